The molecule has 34 heavy (non-hydrogen) atoms. The third-order valence-electron chi connectivity index (χ3n) is 5.94. The summed E-state index contributed by atoms with van der Waals surface area (Å²) < 4.78 is 38.7. The van der Waals surface area contributed by atoms with Crippen LogP contribution in [0.25, 0.3) is 0 Å². The zero-order valence-electron chi connectivity index (χ0n) is 19.1. The van der Waals surface area contributed by atoms with E-state index < -0.39 is 0 Å². The molecule has 4 rings (SSSR count). The lowest BCUT2D eigenvalue weighted by atomic mass is 10.1. The summed E-state index contributed by atoms with van der Waals surface area (Å²) >= 11 is 0. The largest absolute Gasteiger partial charge is 0.493 e. The van der Waals surface area contributed by atoms with Gasteiger partial charge in [-0.3, -0.25) is 4.79 Å². The Morgan fingerprint density at radius 3 is 2.59 bits per heavy atom. The van der Waals surface area contributed by atoms with Crippen LogP contribution in [-0.4, -0.2) is 36.7 Å². The maximum Gasteiger partial charge on any atom is 0.227 e. The Morgan fingerprint density at radius 2 is 1.82 bits per heavy atom. The van der Waals surface area contributed by atoms with E-state index >= 15 is 0 Å². The first-order chi connectivity index (χ1) is 16.6. The number of nitrogens with zero attached hydrogens (tertiary/aromatic N) is 1. The Kier molecular flexibility index (Phi) is 8.26. The number of halogens is 2. The summed E-state index contributed by atoms with van der Waals surface area (Å²) in [5.41, 5.74) is 2.33. The van der Waals surface area contributed by atoms with Crippen molar-refractivity contribution in [3.63, 3.8) is 0 Å². The summed E-state index contributed by atoms with van der Waals surface area (Å²) in [5.74, 6) is 0.0911. The average Bonchev–Trinajstić information content (AvgIpc) is 3.35. The minimum atomic E-state index is -0.320. The molecule has 1 heterocycles. The van der Waals surface area contributed by atoms with Crippen molar-refractivity contribution in [3.8, 4) is 5.75 Å². The molecule has 0 aromatic heterocycles. The summed E-state index contributed by atoms with van der Waals surface area (Å²) in [6.45, 7) is 2.01. The van der Waals surface area contributed by atoms with E-state index in [-0.39, 0.29) is 30.1 Å². The van der Waals surface area contributed by atoms with Gasteiger partial charge in [0.2, 0.25) is 5.91 Å². The van der Waals surface area contributed by atoms with E-state index in [1.165, 1.54) is 18.2 Å². The van der Waals surface area contributed by atoms with Crippen LogP contribution in [0.1, 0.15) is 29.5 Å². The van der Waals surface area contributed by atoms with Crippen LogP contribution in [0.4, 0.5) is 8.78 Å². The van der Waals surface area contributed by atoms with Crippen molar-refractivity contribution in [2.45, 2.75) is 38.3 Å². The number of hydrogen-bond acceptors (Lipinski definition) is 3. The molecule has 4 nitrogen and oxygen atoms in total. The number of amides is 1. The molecule has 0 radical (unpaired) electrons. The maximum absolute atomic E-state index is 13.8. The summed E-state index contributed by atoms with van der Waals surface area (Å²) in [7, 11) is 0. The van der Waals surface area contributed by atoms with Crippen LogP contribution >= 0.6 is 0 Å². The zero-order chi connectivity index (χ0) is 23.8. The van der Waals surface area contributed by atoms with Gasteiger partial charge >= 0.3 is 0 Å². The Morgan fingerprint density at radius 1 is 1.00 bits per heavy atom. The highest BCUT2D eigenvalue weighted by atomic mass is 19.1. The minimum absolute atomic E-state index is 0.0253. The lowest BCUT2D eigenvalue weighted by molar-refractivity contribution is -0.132. The SMILES string of the molecule is O=C(Cc1ccc(F)cc1)N(Cc1cccc(OCCc2ccccc2F)c1)C[C@H]1CCCO1. The van der Waals surface area contributed by atoms with Gasteiger partial charge in [0, 0.05) is 26.1 Å². The highest BCUT2D eigenvalue weighted by Crippen LogP contribution is 2.20. The second-order valence-electron chi connectivity index (χ2n) is 8.55. The first kappa shape index (κ1) is 23.9. The minimum Gasteiger partial charge on any atom is -0.493 e. The van der Waals surface area contributed by atoms with Crippen molar-refractivity contribution in [3.05, 3.63) is 101 Å². The molecule has 3 aromatic rings. The van der Waals surface area contributed by atoms with Crippen LogP contribution in [0, 0.1) is 11.6 Å². The Balaban J connectivity index is 1.40. The van der Waals surface area contributed by atoms with Gasteiger partial charge < -0.3 is 14.4 Å². The zero-order valence-corrected chi connectivity index (χ0v) is 19.1. The lowest BCUT2D eigenvalue weighted by Crippen LogP contribution is -2.37. The molecule has 178 valence electrons. The van der Waals surface area contributed by atoms with Crippen molar-refractivity contribution >= 4 is 5.91 Å². The molecule has 1 aliphatic heterocycles. The highest BCUT2D eigenvalue weighted by Gasteiger charge is 2.23. The monoisotopic (exact) mass is 465 g/mol. The first-order valence-corrected chi connectivity index (χ1v) is 11.7. The van der Waals surface area contributed by atoms with Crippen LogP contribution in [0.15, 0.2) is 72.8 Å². The molecule has 1 fully saturated rings. The lowest BCUT2D eigenvalue weighted by Gasteiger charge is -2.26. The van der Waals surface area contributed by atoms with Gasteiger partial charge in [0.15, 0.2) is 0 Å². The second-order valence-corrected chi connectivity index (χ2v) is 8.55. The average molecular weight is 466 g/mol. The predicted octanol–water partition coefficient (Wildman–Crippen LogP) is 5.34. The maximum atomic E-state index is 13.8. The van der Waals surface area contributed by atoms with Gasteiger partial charge in [-0.25, -0.2) is 8.78 Å². The van der Waals surface area contributed by atoms with Crippen LogP contribution in [-0.2, 0) is 28.9 Å². The third kappa shape index (κ3) is 6.87. The molecule has 0 aliphatic carbocycles. The predicted molar refractivity (Wildman–Crippen MR) is 127 cm³/mol. The van der Waals surface area contributed by atoms with Crippen molar-refractivity contribution in [1.29, 1.82) is 0 Å². The quantitative estimate of drug-likeness (QED) is 0.406. The van der Waals surface area contributed by atoms with Crippen molar-refractivity contribution in [2.24, 2.45) is 0 Å². The molecular weight excluding hydrogens is 436 g/mol. The Bertz CT molecular complexity index is 1080. The number of rotatable bonds is 10. The molecule has 1 aliphatic rings. The van der Waals surface area contributed by atoms with E-state index in [9.17, 15) is 13.6 Å². The number of carbonyl (C=O) groups excluding carboxylic acids is 1. The smallest absolute Gasteiger partial charge is 0.227 e. The summed E-state index contributed by atoms with van der Waals surface area (Å²) in [5, 5.41) is 0. The van der Waals surface area contributed by atoms with E-state index in [0.29, 0.717) is 37.4 Å². The van der Waals surface area contributed by atoms with Gasteiger partial charge in [-0.1, -0.05) is 42.5 Å². The van der Waals surface area contributed by atoms with Gasteiger partial charge in [0.25, 0.3) is 0 Å². The molecule has 1 saturated heterocycles. The molecule has 0 N–H and O–H groups in total. The number of hydrogen-bond donors (Lipinski definition) is 0. The highest BCUT2D eigenvalue weighted by molar-refractivity contribution is 5.78. The Labute approximate surface area is 199 Å². The number of carbonyl (C=O) groups is 1. The van der Waals surface area contributed by atoms with Crippen molar-refractivity contribution < 1.29 is 23.0 Å². The van der Waals surface area contributed by atoms with Crippen LogP contribution < -0.4 is 4.74 Å². The topological polar surface area (TPSA) is 38.8 Å². The normalized spacial score (nSPS) is 15.3. The fourth-order valence-electron chi connectivity index (χ4n) is 4.11. The third-order valence-corrected chi connectivity index (χ3v) is 5.94. The standard InChI is InChI=1S/C28H29F2NO3/c29-24-12-10-21(11-13-24)18-28(32)31(20-26-8-4-15-33-26)19-22-5-3-7-25(17-22)34-16-14-23-6-1-2-9-27(23)30/h1-3,5-7,9-13,17,26H,4,8,14-16,18-20H2/t26-/m1/s1. The van der Waals surface area contributed by atoms with Gasteiger partial charge in [0.1, 0.15) is 17.4 Å². The molecule has 3 aromatic carbocycles. The van der Waals surface area contributed by atoms with E-state index in [4.69, 9.17) is 9.47 Å². The molecule has 0 unspecified atom stereocenters. The van der Waals surface area contributed by atoms with Crippen molar-refractivity contribution in [2.75, 3.05) is 19.8 Å². The molecule has 0 spiro atoms. The van der Waals surface area contributed by atoms with E-state index in [0.717, 1.165) is 30.6 Å². The summed E-state index contributed by atoms with van der Waals surface area (Å²) in [4.78, 5) is 14.9. The fraction of sp³-hybridized carbons (Fsp3) is 0.321. The van der Waals surface area contributed by atoms with E-state index in [2.05, 4.69) is 0 Å². The second kappa shape index (κ2) is 11.7. The van der Waals surface area contributed by atoms with Crippen molar-refractivity contribution in [1.82, 2.24) is 4.90 Å². The molecule has 0 bridgehead atoms. The molecule has 6 heteroatoms. The molecule has 1 amide bonds. The van der Waals surface area contributed by atoms with E-state index in [1.54, 1.807) is 29.2 Å². The van der Waals surface area contributed by atoms with Crippen LogP contribution in [0.2, 0.25) is 0 Å². The molecule has 1 atom stereocenters. The summed E-state index contributed by atoms with van der Waals surface area (Å²) in [6, 6.07) is 20.3. The van der Waals surface area contributed by atoms with Gasteiger partial charge in [0.05, 0.1) is 19.1 Å². The van der Waals surface area contributed by atoms with E-state index in [1.807, 2.05) is 30.3 Å². The number of ether oxygens (including phenoxy) is 2. The molecule has 0 saturated carbocycles. The van der Waals surface area contributed by atoms with Crippen LogP contribution in [0.5, 0.6) is 5.75 Å². The first-order valence-electron chi connectivity index (χ1n) is 11.7. The van der Waals surface area contributed by atoms with Gasteiger partial charge in [-0.2, -0.15) is 0 Å². The molecular formula is C28H29F2NO3. The van der Waals surface area contributed by atoms with Gasteiger partial charge in [-0.15, -0.1) is 0 Å². The number of benzene rings is 3. The summed E-state index contributed by atoms with van der Waals surface area (Å²) in [6.07, 6.45) is 2.62. The van der Waals surface area contributed by atoms with Gasteiger partial charge in [-0.05, 0) is 59.9 Å². The van der Waals surface area contributed by atoms with Crippen LogP contribution in [0.3, 0.4) is 0 Å². The Hall–Kier alpha value is -3.25. The fourth-order valence-corrected chi connectivity index (χ4v) is 4.11.